The molecule has 0 fully saturated rings. The van der Waals surface area contributed by atoms with Gasteiger partial charge in [-0.1, -0.05) is 20.4 Å². The standard InChI is InChI=1S/C12H19NO3/c1-8(5-6-9(2)11(4)14)7-10(3)12(15)13-16/h8-9H,3,5-7H2,1-2,4H3/t8?,9-/m0/s1. The van der Waals surface area contributed by atoms with Crippen molar-refractivity contribution in [3.63, 3.8) is 0 Å². The fourth-order valence-electron chi connectivity index (χ4n) is 1.41. The Bertz CT molecular complexity index is 297. The Morgan fingerprint density at radius 3 is 2.25 bits per heavy atom. The van der Waals surface area contributed by atoms with E-state index in [1.165, 1.54) is 0 Å². The highest BCUT2D eigenvalue weighted by Gasteiger charge is 2.14. The molecule has 0 heterocycles. The van der Waals surface area contributed by atoms with Crippen LogP contribution in [0.25, 0.3) is 0 Å². The second kappa shape index (κ2) is 7.04. The minimum atomic E-state index is -0.772. The van der Waals surface area contributed by atoms with Crippen molar-refractivity contribution < 1.29 is 9.59 Å². The summed E-state index contributed by atoms with van der Waals surface area (Å²) in [5.41, 5.74) is 0.248. The van der Waals surface area contributed by atoms with Crippen LogP contribution < -0.4 is 0 Å². The molecule has 0 aromatic rings. The van der Waals surface area contributed by atoms with Gasteiger partial charge in [-0.15, -0.1) is 4.91 Å². The number of ketones is 1. The van der Waals surface area contributed by atoms with E-state index >= 15 is 0 Å². The van der Waals surface area contributed by atoms with Crippen LogP contribution in [-0.2, 0) is 9.59 Å². The van der Waals surface area contributed by atoms with Crippen LogP contribution in [0.1, 0.15) is 40.0 Å². The zero-order valence-corrected chi connectivity index (χ0v) is 10.2. The first kappa shape index (κ1) is 14.7. The summed E-state index contributed by atoms with van der Waals surface area (Å²) in [7, 11) is 0. The number of rotatable bonds is 7. The first-order chi connectivity index (χ1) is 7.38. The zero-order valence-electron chi connectivity index (χ0n) is 10.2. The molecule has 0 rings (SSSR count). The molecule has 1 unspecified atom stereocenters. The quantitative estimate of drug-likeness (QED) is 0.494. The Kier molecular flexibility index (Phi) is 6.46. The predicted octanol–water partition coefficient (Wildman–Crippen LogP) is 2.87. The Morgan fingerprint density at radius 1 is 1.25 bits per heavy atom. The van der Waals surface area contributed by atoms with E-state index in [2.05, 4.69) is 11.8 Å². The minimum absolute atomic E-state index is 0.0515. The maximum atomic E-state index is 11.0. The number of carbonyl (C=O) groups is 2. The normalized spacial score (nSPS) is 13.9. The van der Waals surface area contributed by atoms with Crippen LogP contribution in [0.3, 0.4) is 0 Å². The lowest BCUT2D eigenvalue weighted by molar-refractivity contribution is -0.120. The molecule has 1 amide bonds. The Hall–Kier alpha value is -1.32. The van der Waals surface area contributed by atoms with Crippen molar-refractivity contribution in [3.8, 4) is 0 Å². The summed E-state index contributed by atoms with van der Waals surface area (Å²) < 4.78 is 0. The second-order valence-electron chi connectivity index (χ2n) is 4.40. The number of carbonyl (C=O) groups excluding carboxylic acids is 2. The Balaban J connectivity index is 3.95. The van der Waals surface area contributed by atoms with Gasteiger partial charge in [-0.05, 0) is 32.1 Å². The summed E-state index contributed by atoms with van der Waals surface area (Å²) in [4.78, 5) is 31.8. The van der Waals surface area contributed by atoms with Gasteiger partial charge in [0.15, 0.2) is 0 Å². The molecule has 0 spiro atoms. The van der Waals surface area contributed by atoms with E-state index in [1.54, 1.807) is 6.92 Å². The third-order valence-electron chi connectivity index (χ3n) is 2.77. The number of nitrogens with zero attached hydrogens (tertiary/aromatic N) is 1. The van der Waals surface area contributed by atoms with Crippen LogP contribution in [0.4, 0.5) is 0 Å². The molecular weight excluding hydrogens is 206 g/mol. The molecule has 0 saturated carbocycles. The summed E-state index contributed by atoms with van der Waals surface area (Å²) in [5.74, 6) is -0.307. The maximum Gasteiger partial charge on any atom is 0.312 e. The molecule has 0 aliphatic heterocycles. The lowest BCUT2D eigenvalue weighted by Gasteiger charge is -2.13. The summed E-state index contributed by atoms with van der Waals surface area (Å²) in [6.45, 7) is 8.95. The number of Topliss-reactive ketones (excluding diaryl/α,β-unsaturated/α-hetero) is 1. The molecule has 0 aliphatic carbocycles. The number of amides is 1. The first-order valence-electron chi connectivity index (χ1n) is 5.44. The van der Waals surface area contributed by atoms with Gasteiger partial charge in [0.1, 0.15) is 5.78 Å². The van der Waals surface area contributed by atoms with Crippen molar-refractivity contribution >= 4 is 11.7 Å². The molecule has 4 heteroatoms. The SMILES string of the molecule is C=C(CC(C)CC[C@H](C)C(C)=O)C(=O)N=O. The summed E-state index contributed by atoms with van der Waals surface area (Å²) in [5, 5.41) is 2.32. The molecule has 0 aromatic heterocycles. The minimum Gasteiger partial charge on any atom is -0.300 e. The van der Waals surface area contributed by atoms with Gasteiger partial charge in [0.05, 0.1) is 0 Å². The van der Waals surface area contributed by atoms with Gasteiger partial charge in [-0.3, -0.25) is 9.59 Å². The van der Waals surface area contributed by atoms with Crippen molar-refractivity contribution in [1.29, 1.82) is 0 Å². The zero-order chi connectivity index (χ0) is 12.7. The van der Waals surface area contributed by atoms with Crippen LogP contribution in [-0.4, -0.2) is 11.7 Å². The van der Waals surface area contributed by atoms with E-state index in [-0.39, 0.29) is 23.2 Å². The molecule has 0 aromatic carbocycles. The van der Waals surface area contributed by atoms with Crippen molar-refractivity contribution in [2.24, 2.45) is 17.0 Å². The number of hydrogen-bond donors (Lipinski definition) is 0. The van der Waals surface area contributed by atoms with Crippen molar-refractivity contribution in [2.75, 3.05) is 0 Å². The molecule has 0 N–H and O–H groups in total. The summed E-state index contributed by atoms with van der Waals surface area (Å²) in [6, 6.07) is 0. The monoisotopic (exact) mass is 225 g/mol. The van der Waals surface area contributed by atoms with Gasteiger partial charge < -0.3 is 0 Å². The van der Waals surface area contributed by atoms with E-state index in [1.807, 2.05) is 13.8 Å². The van der Waals surface area contributed by atoms with Crippen molar-refractivity contribution in [1.82, 2.24) is 0 Å². The van der Waals surface area contributed by atoms with Crippen LogP contribution >= 0.6 is 0 Å². The maximum absolute atomic E-state index is 11.0. The third kappa shape index (κ3) is 5.53. The fourth-order valence-corrected chi connectivity index (χ4v) is 1.41. The molecule has 2 atom stereocenters. The highest BCUT2D eigenvalue weighted by atomic mass is 16.3. The van der Waals surface area contributed by atoms with E-state index in [0.717, 1.165) is 12.8 Å². The third-order valence-corrected chi connectivity index (χ3v) is 2.77. The van der Waals surface area contributed by atoms with Crippen LogP contribution in [0.15, 0.2) is 17.3 Å². The molecule has 90 valence electrons. The van der Waals surface area contributed by atoms with E-state index in [4.69, 9.17) is 0 Å². The van der Waals surface area contributed by atoms with Crippen LogP contribution in [0.2, 0.25) is 0 Å². The van der Waals surface area contributed by atoms with Crippen LogP contribution in [0.5, 0.6) is 0 Å². The van der Waals surface area contributed by atoms with Gasteiger partial charge in [-0.2, -0.15) is 0 Å². The molecule has 0 bridgehead atoms. The Morgan fingerprint density at radius 2 is 1.81 bits per heavy atom. The summed E-state index contributed by atoms with van der Waals surface area (Å²) in [6.07, 6.45) is 2.10. The van der Waals surface area contributed by atoms with Gasteiger partial charge in [0.2, 0.25) is 0 Å². The Labute approximate surface area is 96.1 Å². The largest absolute Gasteiger partial charge is 0.312 e. The highest BCUT2D eigenvalue weighted by Crippen LogP contribution is 2.19. The van der Waals surface area contributed by atoms with Gasteiger partial charge >= 0.3 is 5.91 Å². The van der Waals surface area contributed by atoms with Gasteiger partial charge in [0.25, 0.3) is 0 Å². The van der Waals surface area contributed by atoms with E-state index in [0.29, 0.717) is 6.42 Å². The average Bonchev–Trinajstić information content (AvgIpc) is 2.24. The van der Waals surface area contributed by atoms with Crippen molar-refractivity contribution in [2.45, 2.75) is 40.0 Å². The predicted molar refractivity (Wildman–Crippen MR) is 62.8 cm³/mol. The average molecular weight is 225 g/mol. The topological polar surface area (TPSA) is 63.6 Å². The van der Waals surface area contributed by atoms with Crippen molar-refractivity contribution in [3.05, 3.63) is 17.1 Å². The molecule has 0 saturated heterocycles. The molecule has 4 nitrogen and oxygen atoms in total. The summed E-state index contributed by atoms with van der Waals surface area (Å²) >= 11 is 0. The van der Waals surface area contributed by atoms with Gasteiger partial charge in [-0.25, -0.2) is 0 Å². The number of hydrogen-bond acceptors (Lipinski definition) is 3. The van der Waals surface area contributed by atoms with E-state index in [9.17, 15) is 14.5 Å². The highest BCUT2D eigenvalue weighted by molar-refractivity contribution is 5.93. The second-order valence-corrected chi connectivity index (χ2v) is 4.40. The number of nitroso groups, excluding NO2 is 1. The first-order valence-corrected chi connectivity index (χ1v) is 5.44. The lowest BCUT2D eigenvalue weighted by Crippen LogP contribution is -2.09. The molecular formula is C12H19NO3. The smallest absolute Gasteiger partial charge is 0.300 e. The van der Waals surface area contributed by atoms with E-state index < -0.39 is 5.91 Å². The van der Waals surface area contributed by atoms with Crippen LogP contribution in [0, 0.1) is 16.7 Å². The molecule has 0 aliphatic rings. The van der Waals surface area contributed by atoms with Gasteiger partial charge in [0, 0.05) is 16.7 Å². The molecule has 16 heavy (non-hydrogen) atoms. The fraction of sp³-hybridized carbons (Fsp3) is 0.667. The molecule has 0 radical (unpaired) electrons. The lowest BCUT2D eigenvalue weighted by atomic mass is 9.92.